The molecule has 1 aliphatic heterocycles. The van der Waals surface area contributed by atoms with Crippen molar-refractivity contribution < 1.29 is 0 Å². The molecule has 100 valence electrons. The molecule has 1 aromatic rings. The van der Waals surface area contributed by atoms with Crippen LogP contribution in [0.4, 0.5) is 5.69 Å². The van der Waals surface area contributed by atoms with Gasteiger partial charge in [0.25, 0.3) is 0 Å². The van der Waals surface area contributed by atoms with Crippen LogP contribution in [0.25, 0.3) is 0 Å². The second-order valence-electron chi connectivity index (χ2n) is 5.66. The van der Waals surface area contributed by atoms with Crippen LogP contribution in [-0.2, 0) is 6.54 Å². The lowest BCUT2D eigenvalue weighted by atomic mass is 10.0. The molecule has 1 atom stereocenters. The van der Waals surface area contributed by atoms with E-state index in [1.54, 1.807) is 0 Å². The zero-order valence-electron chi connectivity index (χ0n) is 11.8. The van der Waals surface area contributed by atoms with Crippen molar-refractivity contribution in [3.05, 3.63) is 29.3 Å². The van der Waals surface area contributed by atoms with Crippen LogP contribution in [0.1, 0.15) is 24.0 Å². The van der Waals surface area contributed by atoms with Crippen LogP contribution in [0, 0.1) is 6.92 Å². The van der Waals surface area contributed by atoms with Crippen LogP contribution >= 0.6 is 0 Å². The number of hydrogen-bond acceptors (Lipinski definition) is 3. The van der Waals surface area contributed by atoms with Gasteiger partial charge in [0.15, 0.2) is 0 Å². The number of likely N-dealkylation sites (N-methyl/N-ethyl adjacent to an activating group) is 2. The van der Waals surface area contributed by atoms with Crippen LogP contribution in [0.5, 0.6) is 0 Å². The standard InChI is InChI=1S/C15H25N3/c1-12-9-13(6-7-15(12)16)10-18(3)14-5-4-8-17(2)11-14/h6-7,9,14H,4-5,8,10-11,16H2,1-3H3. The lowest BCUT2D eigenvalue weighted by molar-refractivity contribution is 0.129. The number of aryl methyl sites for hydroxylation is 1. The summed E-state index contributed by atoms with van der Waals surface area (Å²) in [7, 11) is 4.45. The molecule has 1 aromatic carbocycles. The summed E-state index contributed by atoms with van der Waals surface area (Å²) in [5.41, 5.74) is 9.29. The highest BCUT2D eigenvalue weighted by molar-refractivity contribution is 5.47. The van der Waals surface area contributed by atoms with E-state index in [0.717, 1.165) is 12.2 Å². The maximum Gasteiger partial charge on any atom is 0.0343 e. The fraction of sp³-hybridized carbons (Fsp3) is 0.600. The molecule has 2 N–H and O–H groups in total. The molecule has 1 aliphatic rings. The first-order valence-corrected chi connectivity index (χ1v) is 6.80. The van der Waals surface area contributed by atoms with Crippen molar-refractivity contribution in [1.82, 2.24) is 9.80 Å². The highest BCUT2D eigenvalue weighted by Crippen LogP contribution is 2.18. The summed E-state index contributed by atoms with van der Waals surface area (Å²) in [6.45, 7) is 5.52. The summed E-state index contributed by atoms with van der Waals surface area (Å²) in [6.07, 6.45) is 2.63. The summed E-state index contributed by atoms with van der Waals surface area (Å²) in [4.78, 5) is 4.90. The lowest BCUT2D eigenvalue weighted by Crippen LogP contribution is -2.44. The molecule has 3 heteroatoms. The Kier molecular flexibility index (Phi) is 4.25. The first kappa shape index (κ1) is 13.4. The van der Waals surface area contributed by atoms with E-state index in [9.17, 15) is 0 Å². The van der Waals surface area contributed by atoms with Crippen molar-refractivity contribution in [2.24, 2.45) is 0 Å². The van der Waals surface area contributed by atoms with Crippen molar-refractivity contribution in [3.63, 3.8) is 0 Å². The number of likely N-dealkylation sites (tertiary alicyclic amines) is 1. The first-order valence-electron chi connectivity index (χ1n) is 6.80. The van der Waals surface area contributed by atoms with Gasteiger partial charge in [-0.05, 0) is 57.6 Å². The Hall–Kier alpha value is -1.06. The molecule has 0 amide bonds. The normalized spacial score (nSPS) is 21.4. The van der Waals surface area contributed by atoms with E-state index in [1.165, 1.54) is 37.1 Å². The molecule has 0 aromatic heterocycles. The van der Waals surface area contributed by atoms with Gasteiger partial charge in [0, 0.05) is 24.8 Å². The molecular weight excluding hydrogens is 222 g/mol. The fourth-order valence-electron chi connectivity index (χ4n) is 2.75. The van der Waals surface area contributed by atoms with Crippen molar-refractivity contribution in [3.8, 4) is 0 Å². The largest absolute Gasteiger partial charge is 0.399 e. The van der Waals surface area contributed by atoms with Gasteiger partial charge in [-0.25, -0.2) is 0 Å². The zero-order chi connectivity index (χ0) is 13.1. The van der Waals surface area contributed by atoms with E-state index in [2.05, 4.69) is 43.0 Å². The predicted molar refractivity (Wildman–Crippen MR) is 77.6 cm³/mol. The molecule has 0 radical (unpaired) electrons. The van der Waals surface area contributed by atoms with E-state index in [0.29, 0.717) is 6.04 Å². The van der Waals surface area contributed by atoms with Gasteiger partial charge >= 0.3 is 0 Å². The Morgan fingerprint density at radius 2 is 2.22 bits per heavy atom. The van der Waals surface area contributed by atoms with Crippen molar-refractivity contribution >= 4 is 5.69 Å². The highest BCUT2D eigenvalue weighted by atomic mass is 15.2. The van der Waals surface area contributed by atoms with E-state index < -0.39 is 0 Å². The van der Waals surface area contributed by atoms with Gasteiger partial charge in [-0.2, -0.15) is 0 Å². The van der Waals surface area contributed by atoms with Crippen LogP contribution in [-0.4, -0.2) is 43.0 Å². The Bertz CT molecular complexity index is 403. The molecule has 3 nitrogen and oxygen atoms in total. The maximum atomic E-state index is 5.86. The lowest BCUT2D eigenvalue weighted by Gasteiger charge is -2.36. The quantitative estimate of drug-likeness (QED) is 0.830. The van der Waals surface area contributed by atoms with E-state index >= 15 is 0 Å². The molecule has 0 spiro atoms. The number of nitrogens with zero attached hydrogens (tertiary/aromatic N) is 2. The summed E-state index contributed by atoms with van der Waals surface area (Å²) in [5, 5.41) is 0. The Morgan fingerprint density at radius 3 is 2.89 bits per heavy atom. The molecule has 0 saturated carbocycles. The second-order valence-corrected chi connectivity index (χ2v) is 5.66. The topological polar surface area (TPSA) is 32.5 Å². The molecular formula is C15H25N3. The van der Waals surface area contributed by atoms with Gasteiger partial charge < -0.3 is 10.6 Å². The Balaban J connectivity index is 1.97. The number of nitrogens with two attached hydrogens (primary N) is 1. The minimum absolute atomic E-state index is 0.682. The summed E-state index contributed by atoms with van der Waals surface area (Å²) in [6, 6.07) is 7.05. The maximum absolute atomic E-state index is 5.86. The molecule has 1 unspecified atom stereocenters. The molecule has 0 bridgehead atoms. The highest BCUT2D eigenvalue weighted by Gasteiger charge is 2.20. The van der Waals surface area contributed by atoms with Crippen molar-refractivity contribution in [1.29, 1.82) is 0 Å². The first-order chi connectivity index (χ1) is 8.56. The number of rotatable bonds is 3. The van der Waals surface area contributed by atoms with Gasteiger partial charge in [0.05, 0.1) is 0 Å². The van der Waals surface area contributed by atoms with E-state index in [4.69, 9.17) is 5.73 Å². The fourth-order valence-corrected chi connectivity index (χ4v) is 2.75. The predicted octanol–water partition coefficient (Wildman–Crippen LogP) is 2.10. The van der Waals surface area contributed by atoms with Crippen LogP contribution in [0.15, 0.2) is 18.2 Å². The number of piperidine rings is 1. The SMILES string of the molecule is Cc1cc(CN(C)C2CCCN(C)C2)ccc1N. The molecule has 1 fully saturated rings. The van der Waals surface area contributed by atoms with Crippen LogP contribution < -0.4 is 5.73 Å². The van der Waals surface area contributed by atoms with Crippen LogP contribution in [0.3, 0.4) is 0 Å². The molecule has 2 rings (SSSR count). The zero-order valence-corrected chi connectivity index (χ0v) is 11.8. The third-order valence-electron chi connectivity index (χ3n) is 3.99. The summed E-state index contributed by atoms with van der Waals surface area (Å²) < 4.78 is 0. The van der Waals surface area contributed by atoms with E-state index in [-0.39, 0.29) is 0 Å². The summed E-state index contributed by atoms with van der Waals surface area (Å²) >= 11 is 0. The Labute approximate surface area is 111 Å². The number of hydrogen-bond donors (Lipinski definition) is 1. The molecule has 0 aliphatic carbocycles. The average Bonchev–Trinajstić information content (AvgIpc) is 2.34. The minimum Gasteiger partial charge on any atom is -0.399 e. The van der Waals surface area contributed by atoms with Gasteiger partial charge in [-0.1, -0.05) is 12.1 Å². The van der Waals surface area contributed by atoms with Crippen LogP contribution in [0.2, 0.25) is 0 Å². The molecule has 1 saturated heterocycles. The Morgan fingerprint density at radius 1 is 1.44 bits per heavy atom. The van der Waals surface area contributed by atoms with Crippen molar-refractivity contribution in [2.75, 3.05) is 32.9 Å². The summed E-state index contributed by atoms with van der Waals surface area (Å²) in [5.74, 6) is 0. The van der Waals surface area contributed by atoms with Gasteiger partial charge in [0.1, 0.15) is 0 Å². The average molecular weight is 247 g/mol. The minimum atomic E-state index is 0.682. The number of anilines is 1. The van der Waals surface area contributed by atoms with Gasteiger partial charge in [0.2, 0.25) is 0 Å². The second kappa shape index (κ2) is 5.72. The van der Waals surface area contributed by atoms with Gasteiger partial charge in [-0.3, -0.25) is 4.90 Å². The third kappa shape index (κ3) is 3.24. The van der Waals surface area contributed by atoms with Gasteiger partial charge in [-0.15, -0.1) is 0 Å². The van der Waals surface area contributed by atoms with E-state index in [1.807, 2.05) is 6.07 Å². The smallest absolute Gasteiger partial charge is 0.0343 e. The molecule has 18 heavy (non-hydrogen) atoms. The monoisotopic (exact) mass is 247 g/mol. The van der Waals surface area contributed by atoms with Crippen molar-refractivity contribution in [2.45, 2.75) is 32.4 Å². The molecule has 1 heterocycles. The number of benzene rings is 1. The third-order valence-corrected chi connectivity index (χ3v) is 3.99. The number of nitrogen functional groups attached to an aromatic ring is 1.